The van der Waals surface area contributed by atoms with Gasteiger partial charge in [-0.05, 0) is 19.8 Å². The van der Waals surface area contributed by atoms with Gasteiger partial charge in [0.1, 0.15) is 12.2 Å². The smallest absolute Gasteiger partial charge is 0.459 e. The maximum Gasteiger partial charge on any atom is 0.510 e. The summed E-state index contributed by atoms with van der Waals surface area (Å²) < 4.78 is 35.8. The minimum atomic E-state index is -2.99. The second kappa shape index (κ2) is 10.4. The van der Waals surface area contributed by atoms with Crippen molar-refractivity contribution in [2.45, 2.75) is 70.0 Å². The van der Waals surface area contributed by atoms with Crippen molar-refractivity contribution in [2.24, 2.45) is 5.92 Å². The van der Waals surface area contributed by atoms with Crippen molar-refractivity contribution >= 4 is 12.1 Å². The van der Waals surface area contributed by atoms with E-state index in [2.05, 4.69) is 9.47 Å². The highest BCUT2D eigenvalue weighted by Crippen LogP contribution is 2.38. The first-order chi connectivity index (χ1) is 15.7. The van der Waals surface area contributed by atoms with Gasteiger partial charge in [0, 0.05) is 12.3 Å². The van der Waals surface area contributed by atoms with Crippen molar-refractivity contribution < 1.29 is 43.1 Å². The van der Waals surface area contributed by atoms with Crippen LogP contribution in [0.15, 0.2) is 21.9 Å². The molecule has 2 fully saturated rings. The summed E-state index contributed by atoms with van der Waals surface area (Å²) in [6.07, 6.45) is -2.04. The largest absolute Gasteiger partial charge is 0.510 e. The molecule has 2 aliphatic rings. The lowest BCUT2D eigenvalue weighted by atomic mass is 9.89. The predicted molar refractivity (Wildman–Crippen MR) is 107 cm³/mol. The molecule has 0 unspecified atom stereocenters. The number of carbonyl (C=O) groups is 2. The van der Waals surface area contributed by atoms with Crippen LogP contribution in [0.25, 0.3) is 0 Å². The van der Waals surface area contributed by atoms with E-state index >= 15 is 4.39 Å². The Morgan fingerprint density at radius 2 is 1.88 bits per heavy atom. The molecule has 2 N–H and O–H groups in total. The standard InChI is InChI=1S/C20H27FN2O10/c1-2-30-19(29)32-11-23-13(24)8-9-22(18(23)28)16-14(25)15(26)20(21,33-16)10-31-17(27)12-6-4-3-5-7-12/h8-9,12,14-16,25-26H,2-7,10-11H2,1H3/t14-,15+,16-,20-/m1/s1. The Kier molecular flexibility index (Phi) is 7.87. The van der Waals surface area contributed by atoms with Crippen LogP contribution in [0.1, 0.15) is 45.3 Å². The van der Waals surface area contributed by atoms with E-state index in [1.54, 1.807) is 0 Å². The second-order valence-corrected chi connectivity index (χ2v) is 7.90. The van der Waals surface area contributed by atoms with Gasteiger partial charge in [-0.2, -0.15) is 0 Å². The summed E-state index contributed by atoms with van der Waals surface area (Å²) in [6.45, 7) is -0.251. The van der Waals surface area contributed by atoms with E-state index in [9.17, 15) is 29.4 Å². The first kappa shape index (κ1) is 24.9. The molecule has 1 saturated carbocycles. The molecule has 1 aromatic rings. The highest BCUT2D eigenvalue weighted by molar-refractivity contribution is 5.72. The van der Waals surface area contributed by atoms with Crippen LogP contribution in [-0.2, 0) is 30.5 Å². The highest BCUT2D eigenvalue weighted by atomic mass is 19.2. The third kappa shape index (κ3) is 5.42. The number of hydrogen-bond acceptors (Lipinski definition) is 10. The predicted octanol–water partition coefficient (Wildman–Crippen LogP) is 0.180. The normalized spacial score (nSPS) is 27.8. The lowest BCUT2D eigenvalue weighted by molar-refractivity contribution is -0.218. The summed E-state index contributed by atoms with van der Waals surface area (Å²) in [4.78, 5) is 48.3. The molecule has 184 valence electrons. The van der Waals surface area contributed by atoms with Crippen LogP contribution in [-0.4, -0.2) is 62.7 Å². The van der Waals surface area contributed by atoms with Crippen LogP contribution in [0.5, 0.6) is 0 Å². The maximum atomic E-state index is 15.3. The number of alkyl halides is 1. The average Bonchev–Trinajstić information content (AvgIpc) is 3.02. The summed E-state index contributed by atoms with van der Waals surface area (Å²) in [6, 6.07) is 0.902. The number of aliphatic hydroxyl groups is 2. The molecule has 33 heavy (non-hydrogen) atoms. The van der Waals surface area contributed by atoms with Gasteiger partial charge in [-0.1, -0.05) is 19.3 Å². The molecular formula is C20H27FN2O10. The van der Waals surface area contributed by atoms with Gasteiger partial charge in [0.15, 0.2) is 19.6 Å². The van der Waals surface area contributed by atoms with E-state index in [1.807, 2.05) is 0 Å². The maximum absolute atomic E-state index is 15.3. The van der Waals surface area contributed by atoms with Gasteiger partial charge >= 0.3 is 17.8 Å². The molecule has 13 heteroatoms. The van der Waals surface area contributed by atoms with Crippen LogP contribution < -0.4 is 11.2 Å². The minimum Gasteiger partial charge on any atom is -0.459 e. The monoisotopic (exact) mass is 474 g/mol. The molecule has 0 aromatic carbocycles. The molecule has 0 spiro atoms. The molecule has 12 nitrogen and oxygen atoms in total. The van der Waals surface area contributed by atoms with Crippen molar-refractivity contribution in [3.8, 4) is 0 Å². The van der Waals surface area contributed by atoms with Gasteiger partial charge in [-0.15, -0.1) is 0 Å². The van der Waals surface area contributed by atoms with E-state index in [-0.39, 0.29) is 12.5 Å². The summed E-state index contributed by atoms with van der Waals surface area (Å²) in [5.74, 6) is -3.98. The number of ether oxygens (including phenoxy) is 4. The molecular weight excluding hydrogens is 447 g/mol. The Balaban J connectivity index is 1.73. The number of carbonyl (C=O) groups excluding carboxylic acids is 2. The first-order valence-electron chi connectivity index (χ1n) is 10.7. The fourth-order valence-electron chi connectivity index (χ4n) is 3.84. The zero-order chi connectivity index (χ0) is 24.2. The van der Waals surface area contributed by atoms with Gasteiger partial charge in [0.05, 0.1) is 12.5 Å². The van der Waals surface area contributed by atoms with Gasteiger partial charge in [0.25, 0.3) is 11.4 Å². The zero-order valence-electron chi connectivity index (χ0n) is 18.1. The molecule has 1 aliphatic carbocycles. The molecule has 1 saturated heterocycles. The number of aromatic nitrogens is 2. The van der Waals surface area contributed by atoms with Gasteiger partial charge in [-0.25, -0.2) is 18.5 Å². The Morgan fingerprint density at radius 1 is 1.18 bits per heavy atom. The van der Waals surface area contributed by atoms with Crippen molar-refractivity contribution in [2.75, 3.05) is 13.2 Å². The Hall–Kier alpha value is -2.77. The van der Waals surface area contributed by atoms with Crippen LogP contribution in [0, 0.1) is 5.92 Å². The molecule has 0 amide bonds. The molecule has 2 heterocycles. The van der Waals surface area contributed by atoms with Gasteiger partial charge in [-0.3, -0.25) is 14.2 Å². The van der Waals surface area contributed by atoms with Gasteiger partial charge in [0.2, 0.25) is 0 Å². The minimum absolute atomic E-state index is 0.0106. The van der Waals surface area contributed by atoms with E-state index < -0.39 is 61.0 Å². The summed E-state index contributed by atoms with van der Waals surface area (Å²) >= 11 is 0. The second-order valence-electron chi connectivity index (χ2n) is 7.90. The third-order valence-electron chi connectivity index (χ3n) is 5.67. The Labute approximate surface area is 187 Å². The van der Waals surface area contributed by atoms with Crippen molar-refractivity contribution in [1.82, 2.24) is 9.13 Å². The van der Waals surface area contributed by atoms with Crippen LogP contribution >= 0.6 is 0 Å². The molecule has 3 rings (SSSR count). The van der Waals surface area contributed by atoms with E-state index in [0.29, 0.717) is 22.0 Å². The average molecular weight is 474 g/mol. The third-order valence-corrected chi connectivity index (χ3v) is 5.67. The van der Waals surface area contributed by atoms with E-state index in [4.69, 9.17) is 9.47 Å². The summed E-state index contributed by atoms with van der Waals surface area (Å²) in [5.41, 5.74) is -1.95. The highest BCUT2D eigenvalue weighted by Gasteiger charge is 2.57. The molecule has 0 radical (unpaired) electrons. The fraction of sp³-hybridized carbons (Fsp3) is 0.700. The van der Waals surface area contributed by atoms with Crippen molar-refractivity contribution in [3.05, 3.63) is 33.1 Å². The number of hydrogen-bond donors (Lipinski definition) is 2. The number of esters is 1. The number of halogens is 1. The quantitative estimate of drug-likeness (QED) is 0.523. The van der Waals surface area contributed by atoms with E-state index in [1.165, 1.54) is 6.92 Å². The SMILES string of the molecule is CCOC(=O)OCn1c(=O)ccn([C@@H]2O[C@](F)(COC(=O)C3CCCCC3)[C@@H](O)[C@H]2O)c1=O. The van der Waals surface area contributed by atoms with Gasteiger partial charge < -0.3 is 29.2 Å². The molecule has 1 aromatic heterocycles. The molecule has 0 bridgehead atoms. The lowest BCUT2D eigenvalue weighted by Gasteiger charge is -2.25. The summed E-state index contributed by atoms with van der Waals surface area (Å²) in [7, 11) is 0. The number of nitrogens with zero attached hydrogens (tertiary/aromatic N) is 2. The molecule has 4 atom stereocenters. The van der Waals surface area contributed by atoms with Crippen LogP contribution in [0.4, 0.5) is 9.18 Å². The fourth-order valence-corrected chi connectivity index (χ4v) is 3.84. The number of rotatable bonds is 7. The van der Waals surface area contributed by atoms with Crippen LogP contribution in [0.2, 0.25) is 0 Å². The molecule has 1 aliphatic heterocycles. The van der Waals surface area contributed by atoms with Crippen LogP contribution in [0.3, 0.4) is 0 Å². The zero-order valence-corrected chi connectivity index (χ0v) is 18.1. The summed E-state index contributed by atoms with van der Waals surface area (Å²) in [5, 5.41) is 20.5. The lowest BCUT2D eigenvalue weighted by Crippen LogP contribution is -2.44. The Bertz CT molecular complexity index is 972. The van der Waals surface area contributed by atoms with E-state index in [0.717, 1.165) is 31.5 Å². The van der Waals surface area contributed by atoms with Crippen molar-refractivity contribution in [1.29, 1.82) is 0 Å². The van der Waals surface area contributed by atoms with Crippen molar-refractivity contribution in [3.63, 3.8) is 0 Å². The number of aliphatic hydroxyl groups excluding tert-OH is 2. The Morgan fingerprint density at radius 3 is 2.55 bits per heavy atom. The first-order valence-corrected chi connectivity index (χ1v) is 10.7. The topological polar surface area (TPSA) is 156 Å².